The number of rotatable bonds is 0. The molecule has 3 aromatic carbocycles. The molecule has 8 rings (SSSR count). The van der Waals surface area contributed by atoms with Gasteiger partial charge in [-0.15, -0.1) is 0 Å². The molecule has 0 aliphatic rings. The predicted molar refractivity (Wildman–Crippen MR) is 240 cm³/mol. The smallest absolute Gasteiger partial charge is 0.0890 e. The number of aryl methyl sites for hydroxylation is 1. The summed E-state index contributed by atoms with van der Waals surface area (Å²) in [5.74, 6) is 0. The van der Waals surface area contributed by atoms with Crippen molar-refractivity contribution in [3.8, 4) is 0 Å². The molecule has 0 bridgehead atoms. The Morgan fingerprint density at radius 3 is 1.32 bits per heavy atom. The van der Waals surface area contributed by atoms with E-state index >= 15 is 0 Å². The highest BCUT2D eigenvalue weighted by Gasteiger charge is 2.16. The molecule has 0 fully saturated rings. The van der Waals surface area contributed by atoms with Crippen molar-refractivity contribution in [2.45, 2.75) is 112 Å². The van der Waals surface area contributed by atoms with Crippen molar-refractivity contribution in [1.82, 2.24) is 34.9 Å². The first-order chi connectivity index (χ1) is 26.7. The molecule has 8 aromatic rings. The molecule has 7 nitrogen and oxygen atoms in total. The Kier molecular flexibility index (Phi) is 12.8. The molecule has 0 radical (unpaired) electrons. The van der Waals surface area contributed by atoms with Crippen LogP contribution in [0.2, 0.25) is 0 Å². The fraction of sp³-hybridized carbons (Fsp3) is 0.340. The van der Waals surface area contributed by atoms with E-state index in [-0.39, 0.29) is 21.7 Å². The van der Waals surface area contributed by atoms with Crippen molar-refractivity contribution in [3.63, 3.8) is 0 Å². The van der Waals surface area contributed by atoms with Crippen LogP contribution in [0.1, 0.15) is 111 Å². The summed E-state index contributed by atoms with van der Waals surface area (Å²) in [4.78, 5) is 30.3. The maximum atomic E-state index is 4.44. The molecule has 0 aliphatic heterocycles. The van der Waals surface area contributed by atoms with Gasteiger partial charge in [0.05, 0.1) is 44.3 Å². The Labute approximate surface area is 339 Å². The maximum absolute atomic E-state index is 4.44. The minimum absolute atomic E-state index is 0.138. The van der Waals surface area contributed by atoms with E-state index in [0.29, 0.717) is 0 Å². The van der Waals surface area contributed by atoms with E-state index in [9.17, 15) is 0 Å². The summed E-state index contributed by atoms with van der Waals surface area (Å²) in [7, 11) is 0. The zero-order chi connectivity index (χ0) is 41.6. The number of aromatic nitrogens is 7. The van der Waals surface area contributed by atoms with Crippen LogP contribution in [0.5, 0.6) is 0 Å². The third-order valence-corrected chi connectivity index (χ3v) is 9.65. The van der Waals surface area contributed by atoms with Crippen LogP contribution in [-0.4, -0.2) is 34.9 Å². The molecule has 0 aliphatic carbocycles. The lowest BCUT2D eigenvalue weighted by Crippen LogP contribution is -2.11. The molecule has 0 N–H and O–H groups in total. The summed E-state index contributed by atoms with van der Waals surface area (Å²) in [6.07, 6.45) is 10.8. The Morgan fingerprint density at radius 1 is 0.333 bits per heavy atom. The molecule has 294 valence electrons. The number of hydrogen-bond donors (Lipinski definition) is 0. The second-order valence-corrected chi connectivity index (χ2v) is 18.7. The van der Waals surface area contributed by atoms with Crippen LogP contribution < -0.4 is 0 Å². The first-order valence-electron chi connectivity index (χ1n) is 19.7. The molecule has 57 heavy (non-hydrogen) atoms. The van der Waals surface area contributed by atoms with Crippen LogP contribution in [0.15, 0.2) is 122 Å². The predicted octanol–water partition coefficient (Wildman–Crippen LogP) is 12.6. The second-order valence-electron chi connectivity index (χ2n) is 18.7. The highest BCUT2D eigenvalue weighted by atomic mass is 14.8. The third-order valence-electron chi connectivity index (χ3n) is 9.65. The number of fused-ring (bicyclic) bond motifs is 4. The largest absolute Gasteiger partial charge is 0.256 e. The Balaban J connectivity index is 0.000000145. The Morgan fingerprint density at radius 2 is 0.737 bits per heavy atom. The van der Waals surface area contributed by atoms with E-state index < -0.39 is 0 Å². The SMILES string of the molecule is CC(C)(C)c1ccc2ncccc2c1.CC(C)(C)c1ccc2nccnc2c1.CC(C)(C)c1cnc2cccnc2c1.Cc1cnc2cc(C(C)(C)C)ccc2n1. The molecule has 0 amide bonds. The van der Waals surface area contributed by atoms with Gasteiger partial charge in [0.2, 0.25) is 0 Å². The standard InChI is InChI=1S/C13H16N2.C13H15N.2C12H14N2/c1-9-8-14-12-7-10(13(2,3)4)5-6-11(12)15-9;1-13(2,3)11-6-7-12-10(9-11)5-4-8-14-12;1-12(2,3)9-4-5-10-11(8-9)14-7-6-13-10;1-12(2,3)9-7-11-10(14-8-9)5-4-6-13-11/h5-8H,1-4H3;4-9H,1-3H3;2*4-8H,1-3H3. The molecule has 5 heterocycles. The van der Waals surface area contributed by atoms with Gasteiger partial charge in [0.15, 0.2) is 0 Å². The Bertz CT molecular complexity index is 2370. The average Bonchev–Trinajstić information content (AvgIpc) is 3.16. The van der Waals surface area contributed by atoms with E-state index in [1.807, 2.05) is 49.8 Å². The number of nitrogens with zero attached hydrogens (tertiary/aromatic N) is 7. The van der Waals surface area contributed by atoms with E-state index in [4.69, 9.17) is 0 Å². The minimum atomic E-state index is 0.138. The summed E-state index contributed by atoms with van der Waals surface area (Å²) >= 11 is 0. The van der Waals surface area contributed by atoms with E-state index in [1.54, 1.807) is 18.6 Å². The van der Waals surface area contributed by atoms with Gasteiger partial charge in [-0.3, -0.25) is 29.9 Å². The molecule has 0 spiro atoms. The van der Waals surface area contributed by atoms with E-state index in [0.717, 1.165) is 44.3 Å². The van der Waals surface area contributed by atoms with Gasteiger partial charge in [-0.05, 0) is 112 Å². The highest BCUT2D eigenvalue weighted by Crippen LogP contribution is 2.27. The molecular formula is C50H59N7. The van der Waals surface area contributed by atoms with Gasteiger partial charge in [-0.2, -0.15) is 0 Å². The van der Waals surface area contributed by atoms with E-state index in [1.165, 1.54) is 27.6 Å². The van der Waals surface area contributed by atoms with Crippen molar-refractivity contribution in [1.29, 1.82) is 0 Å². The van der Waals surface area contributed by atoms with Crippen LogP contribution in [0.25, 0.3) is 44.0 Å². The first-order valence-corrected chi connectivity index (χ1v) is 19.7. The third kappa shape index (κ3) is 11.7. The number of hydrogen-bond acceptors (Lipinski definition) is 7. The van der Waals surface area contributed by atoms with Crippen LogP contribution in [-0.2, 0) is 21.7 Å². The van der Waals surface area contributed by atoms with Crippen molar-refractivity contribution in [3.05, 3.63) is 150 Å². The fourth-order valence-corrected chi connectivity index (χ4v) is 5.90. The molecule has 0 atom stereocenters. The maximum Gasteiger partial charge on any atom is 0.0890 e. The normalized spacial score (nSPS) is 11.9. The van der Waals surface area contributed by atoms with Crippen molar-refractivity contribution in [2.75, 3.05) is 0 Å². The minimum Gasteiger partial charge on any atom is -0.256 e. The zero-order valence-corrected chi connectivity index (χ0v) is 36.2. The van der Waals surface area contributed by atoms with Gasteiger partial charge in [0.1, 0.15) is 0 Å². The first kappa shape index (κ1) is 42.5. The van der Waals surface area contributed by atoms with Gasteiger partial charge in [-0.1, -0.05) is 107 Å². The molecule has 5 aromatic heterocycles. The van der Waals surface area contributed by atoms with Crippen molar-refractivity contribution in [2.24, 2.45) is 0 Å². The molecule has 7 heteroatoms. The lowest BCUT2D eigenvalue weighted by Gasteiger charge is -2.19. The van der Waals surface area contributed by atoms with Gasteiger partial charge in [-0.25, -0.2) is 4.98 Å². The summed E-state index contributed by atoms with van der Waals surface area (Å²) in [5.41, 5.74) is 13.7. The van der Waals surface area contributed by atoms with Crippen molar-refractivity contribution < 1.29 is 0 Å². The van der Waals surface area contributed by atoms with Crippen LogP contribution >= 0.6 is 0 Å². The van der Waals surface area contributed by atoms with Gasteiger partial charge in [0.25, 0.3) is 0 Å². The fourth-order valence-electron chi connectivity index (χ4n) is 5.90. The average molecular weight is 758 g/mol. The molecule has 0 unspecified atom stereocenters. The van der Waals surface area contributed by atoms with Crippen LogP contribution in [0.4, 0.5) is 0 Å². The van der Waals surface area contributed by atoms with Gasteiger partial charge in [0, 0.05) is 42.6 Å². The summed E-state index contributed by atoms with van der Waals surface area (Å²) in [6, 6.07) is 29.2. The lowest BCUT2D eigenvalue weighted by atomic mass is 9.86. The highest BCUT2D eigenvalue weighted by molar-refractivity contribution is 5.79. The second kappa shape index (κ2) is 17.2. The van der Waals surface area contributed by atoms with Gasteiger partial charge < -0.3 is 0 Å². The zero-order valence-electron chi connectivity index (χ0n) is 36.2. The quantitative estimate of drug-likeness (QED) is 0.152. The van der Waals surface area contributed by atoms with Crippen LogP contribution in [0, 0.1) is 6.92 Å². The van der Waals surface area contributed by atoms with Crippen LogP contribution in [0.3, 0.4) is 0 Å². The monoisotopic (exact) mass is 757 g/mol. The Hall–Kier alpha value is -5.69. The topological polar surface area (TPSA) is 90.2 Å². The number of benzene rings is 3. The lowest BCUT2D eigenvalue weighted by molar-refractivity contribution is 0.588. The summed E-state index contributed by atoms with van der Waals surface area (Å²) in [6.45, 7) is 28.4. The van der Waals surface area contributed by atoms with Crippen molar-refractivity contribution >= 4 is 44.0 Å². The molecule has 0 saturated heterocycles. The summed E-state index contributed by atoms with van der Waals surface area (Å²) < 4.78 is 0. The molecule has 0 saturated carbocycles. The molecular weight excluding hydrogens is 699 g/mol. The number of pyridine rings is 3. The van der Waals surface area contributed by atoms with Gasteiger partial charge >= 0.3 is 0 Å². The van der Waals surface area contributed by atoms with E-state index in [2.05, 4.69) is 179 Å². The summed E-state index contributed by atoms with van der Waals surface area (Å²) in [5, 5.41) is 1.22.